The molecular formula is C24H14ClFN2O2. The zero-order valence-corrected chi connectivity index (χ0v) is 16.4. The Morgan fingerprint density at radius 1 is 0.900 bits per heavy atom. The minimum Gasteiger partial charge on any atom is -0.487 e. The van der Waals surface area contributed by atoms with Gasteiger partial charge in [-0.1, -0.05) is 29.8 Å². The molecule has 0 N–H and O–H groups in total. The first-order chi connectivity index (χ1) is 14.6. The number of nitrogens with zero attached hydrogens (tertiary/aromatic N) is 2. The average Bonchev–Trinajstić information content (AvgIpc) is 2.90. The predicted octanol–water partition coefficient (Wildman–Crippen LogP) is 5.67. The van der Waals surface area contributed by atoms with Crippen molar-refractivity contribution in [2.45, 2.75) is 6.61 Å². The van der Waals surface area contributed by atoms with Crippen molar-refractivity contribution in [3.63, 3.8) is 0 Å². The van der Waals surface area contributed by atoms with Crippen molar-refractivity contribution < 1.29 is 9.13 Å². The van der Waals surface area contributed by atoms with E-state index in [2.05, 4.69) is 9.97 Å². The van der Waals surface area contributed by atoms with Gasteiger partial charge in [0, 0.05) is 22.4 Å². The van der Waals surface area contributed by atoms with E-state index in [1.165, 1.54) is 12.1 Å². The molecule has 6 heteroatoms. The summed E-state index contributed by atoms with van der Waals surface area (Å²) in [5.41, 5.74) is 1.82. The molecule has 0 aliphatic rings. The molecule has 0 spiro atoms. The molecule has 3 aromatic carbocycles. The number of benzene rings is 2. The van der Waals surface area contributed by atoms with Crippen molar-refractivity contribution >= 4 is 44.2 Å². The molecule has 0 amide bonds. The largest absolute Gasteiger partial charge is 0.487 e. The maximum Gasteiger partial charge on any atom is 0.195 e. The monoisotopic (exact) mass is 416 g/mol. The molecule has 0 unspecified atom stereocenters. The van der Waals surface area contributed by atoms with E-state index in [4.69, 9.17) is 16.3 Å². The predicted molar refractivity (Wildman–Crippen MR) is 117 cm³/mol. The van der Waals surface area contributed by atoms with E-state index in [9.17, 15) is 9.18 Å². The number of halogens is 2. The molecule has 0 fully saturated rings. The van der Waals surface area contributed by atoms with E-state index < -0.39 is 5.82 Å². The average molecular weight is 417 g/mol. The summed E-state index contributed by atoms with van der Waals surface area (Å²) in [6.45, 7) is 0.200. The highest BCUT2D eigenvalue weighted by Gasteiger charge is 2.07. The molecule has 0 atom stereocenters. The summed E-state index contributed by atoms with van der Waals surface area (Å²) < 4.78 is 19.5. The Hall–Kier alpha value is -3.57. The lowest BCUT2D eigenvalue weighted by molar-refractivity contribution is 0.302. The molecule has 30 heavy (non-hydrogen) atoms. The topological polar surface area (TPSA) is 52.1 Å². The molecule has 5 rings (SSSR count). The third-order valence-electron chi connectivity index (χ3n) is 4.95. The van der Waals surface area contributed by atoms with Gasteiger partial charge in [0.2, 0.25) is 0 Å². The molecule has 0 aliphatic heterocycles. The fourth-order valence-corrected chi connectivity index (χ4v) is 3.58. The van der Waals surface area contributed by atoms with Gasteiger partial charge in [-0.05, 0) is 53.9 Å². The smallest absolute Gasteiger partial charge is 0.195 e. The Morgan fingerprint density at radius 3 is 2.63 bits per heavy atom. The lowest BCUT2D eigenvalue weighted by atomic mass is 10.1. The highest BCUT2D eigenvalue weighted by Crippen LogP contribution is 2.23. The fraction of sp³-hybridized carbons (Fsp3) is 0.0417. The number of hydrogen-bond donors (Lipinski definition) is 0. The zero-order valence-electron chi connectivity index (χ0n) is 15.6. The number of aromatic nitrogens is 2. The number of hydrogen-bond acceptors (Lipinski definition) is 4. The van der Waals surface area contributed by atoms with Gasteiger partial charge in [0.15, 0.2) is 5.43 Å². The van der Waals surface area contributed by atoms with Gasteiger partial charge in [0.1, 0.15) is 18.2 Å². The summed E-state index contributed by atoms with van der Waals surface area (Å²) in [5, 5.41) is 2.62. The number of fused-ring (bicyclic) bond motifs is 3. The summed E-state index contributed by atoms with van der Waals surface area (Å²) in [6, 6.07) is 19.0. The van der Waals surface area contributed by atoms with Crippen LogP contribution in [0.4, 0.5) is 4.39 Å². The lowest BCUT2D eigenvalue weighted by Crippen LogP contribution is -2.01. The summed E-state index contributed by atoms with van der Waals surface area (Å²) in [6.07, 6.45) is 1.67. The van der Waals surface area contributed by atoms with Gasteiger partial charge >= 0.3 is 0 Å². The Balaban J connectivity index is 1.49. The van der Waals surface area contributed by atoms with Gasteiger partial charge < -0.3 is 4.74 Å². The molecule has 4 nitrogen and oxygen atoms in total. The van der Waals surface area contributed by atoms with Gasteiger partial charge in [-0.25, -0.2) is 9.37 Å². The Kier molecular flexibility index (Phi) is 4.52. The lowest BCUT2D eigenvalue weighted by Gasteiger charge is -2.08. The van der Waals surface area contributed by atoms with E-state index >= 15 is 0 Å². The molecular weight excluding hydrogens is 403 g/mol. The molecule has 0 radical (unpaired) electrons. The van der Waals surface area contributed by atoms with Crippen LogP contribution in [-0.2, 0) is 6.61 Å². The molecule has 2 aromatic heterocycles. The number of rotatable bonds is 3. The van der Waals surface area contributed by atoms with Crippen molar-refractivity contribution in [1.29, 1.82) is 0 Å². The second kappa shape index (κ2) is 7.35. The minimum absolute atomic E-state index is 0.0279. The van der Waals surface area contributed by atoms with Crippen LogP contribution in [0.5, 0.6) is 5.75 Å². The van der Waals surface area contributed by atoms with E-state index in [1.54, 1.807) is 36.5 Å². The van der Waals surface area contributed by atoms with E-state index in [1.807, 2.05) is 24.3 Å². The number of ether oxygens (including phenoxy) is 1. The van der Waals surface area contributed by atoms with E-state index in [0.29, 0.717) is 38.6 Å². The van der Waals surface area contributed by atoms with Crippen molar-refractivity contribution in [3.8, 4) is 5.75 Å². The standard InChI is InChI=1S/C24H14ClFN2O2/c25-20-12-23-15(10-21(20)26)3-6-16(28-23)13-30-17-7-4-14-5-8-22-18(2-1-9-27-22)24(29)19(14)11-17/h1-12H,13H2. The van der Waals surface area contributed by atoms with Crippen LogP contribution in [0.15, 0.2) is 77.7 Å². The second-order valence-electron chi connectivity index (χ2n) is 6.90. The molecule has 5 aromatic rings. The van der Waals surface area contributed by atoms with Gasteiger partial charge in [-0.2, -0.15) is 0 Å². The highest BCUT2D eigenvalue weighted by molar-refractivity contribution is 6.31. The van der Waals surface area contributed by atoms with Crippen LogP contribution in [0, 0.1) is 5.82 Å². The molecule has 0 saturated heterocycles. The summed E-state index contributed by atoms with van der Waals surface area (Å²) in [7, 11) is 0. The van der Waals surface area contributed by atoms with Crippen LogP contribution in [0.3, 0.4) is 0 Å². The van der Waals surface area contributed by atoms with Crippen LogP contribution in [-0.4, -0.2) is 9.97 Å². The fourth-order valence-electron chi connectivity index (χ4n) is 3.42. The Labute approximate surface area is 175 Å². The molecule has 0 aliphatic carbocycles. The van der Waals surface area contributed by atoms with Crippen molar-refractivity contribution in [3.05, 3.63) is 99.7 Å². The normalized spacial score (nSPS) is 11.3. The quantitative estimate of drug-likeness (QED) is 0.380. The number of pyridine rings is 2. The first kappa shape index (κ1) is 18.5. The van der Waals surface area contributed by atoms with Crippen molar-refractivity contribution in [2.24, 2.45) is 0 Å². The molecule has 2 heterocycles. The highest BCUT2D eigenvalue weighted by atomic mass is 35.5. The zero-order chi connectivity index (χ0) is 20.7. The van der Waals surface area contributed by atoms with Gasteiger partial charge in [-0.15, -0.1) is 0 Å². The van der Waals surface area contributed by atoms with Crippen LogP contribution in [0.2, 0.25) is 5.02 Å². The maximum absolute atomic E-state index is 13.6. The summed E-state index contributed by atoms with van der Waals surface area (Å²) in [4.78, 5) is 21.7. The SMILES string of the molecule is O=c1c2cc(OCc3ccc4cc(F)c(Cl)cc4n3)ccc2ccc2ncccc12. The summed E-state index contributed by atoms with van der Waals surface area (Å²) >= 11 is 5.86. The minimum atomic E-state index is -0.476. The molecule has 0 saturated carbocycles. The third kappa shape index (κ3) is 3.33. The van der Waals surface area contributed by atoms with Crippen LogP contribution in [0.25, 0.3) is 32.6 Å². The van der Waals surface area contributed by atoms with Crippen molar-refractivity contribution in [1.82, 2.24) is 9.97 Å². The van der Waals surface area contributed by atoms with Crippen molar-refractivity contribution in [2.75, 3.05) is 0 Å². The molecule has 0 bridgehead atoms. The van der Waals surface area contributed by atoms with Gasteiger partial charge in [0.25, 0.3) is 0 Å². The summed E-state index contributed by atoms with van der Waals surface area (Å²) in [5.74, 6) is 0.0808. The molecule has 146 valence electrons. The first-order valence-corrected chi connectivity index (χ1v) is 9.65. The van der Waals surface area contributed by atoms with Crippen LogP contribution >= 0.6 is 11.6 Å². The van der Waals surface area contributed by atoms with E-state index in [0.717, 1.165) is 5.39 Å². The first-order valence-electron chi connectivity index (χ1n) is 9.28. The Morgan fingerprint density at radius 2 is 1.73 bits per heavy atom. The van der Waals surface area contributed by atoms with Gasteiger partial charge in [0.05, 0.1) is 21.7 Å². The van der Waals surface area contributed by atoms with Crippen LogP contribution in [0.1, 0.15) is 5.69 Å². The maximum atomic E-state index is 13.6. The Bertz CT molecular complexity index is 1500. The van der Waals surface area contributed by atoms with E-state index in [-0.39, 0.29) is 17.1 Å². The van der Waals surface area contributed by atoms with Gasteiger partial charge in [-0.3, -0.25) is 9.78 Å². The second-order valence-corrected chi connectivity index (χ2v) is 7.31. The third-order valence-corrected chi connectivity index (χ3v) is 5.24. The van der Waals surface area contributed by atoms with Crippen LogP contribution < -0.4 is 10.2 Å².